The van der Waals surface area contributed by atoms with E-state index in [1.807, 2.05) is 25.5 Å². The van der Waals surface area contributed by atoms with Crippen LogP contribution in [0.2, 0.25) is 0 Å². The van der Waals surface area contributed by atoms with Crippen LogP contribution in [0, 0.1) is 6.92 Å². The Morgan fingerprint density at radius 2 is 2.17 bits per heavy atom. The van der Waals surface area contributed by atoms with Crippen molar-refractivity contribution in [2.24, 2.45) is 7.05 Å². The number of rotatable bonds is 5. The Kier molecular flexibility index (Phi) is 4.13. The third kappa shape index (κ3) is 3.33. The van der Waals surface area contributed by atoms with Crippen molar-refractivity contribution in [1.82, 2.24) is 24.5 Å². The Bertz CT molecular complexity index is 909. The lowest BCUT2D eigenvalue weighted by Gasteiger charge is -1.98. The minimum atomic E-state index is -1.03. The number of carbonyl (C=O) groups excluding carboxylic acids is 1. The maximum Gasteiger partial charge on any atom is 0.325 e. The monoisotopic (exact) mass is 346 g/mol. The molecule has 0 saturated heterocycles. The van der Waals surface area contributed by atoms with E-state index in [1.54, 1.807) is 4.68 Å². The van der Waals surface area contributed by atoms with E-state index >= 15 is 0 Å². The molecule has 124 valence electrons. The third-order valence-corrected chi connectivity index (χ3v) is 3.96. The number of aryl methyl sites for hydroxylation is 2. The maximum absolute atomic E-state index is 12.2. The Labute approximate surface area is 140 Å². The van der Waals surface area contributed by atoms with Gasteiger partial charge in [0.1, 0.15) is 6.54 Å². The molecule has 0 aliphatic rings. The summed E-state index contributed by atoms with van der Waals surface area (Å²) in [6.07, 6.45) is 4.56. The van der Waals surface area contributed by atoms with E-state index in [2.05, 4.69) is 20.5 Å². The minimum Gasteiger partial charge on any atom is -0.480 e. The summed E-state index contributed by atoms with van der Waals surface area (Å²) in [5.41, 5.74) is 2.77. The number of thiazole rings is 1. The van der Waals surface area contributed by atoms with Gasteiger partial charge in [-0.05, 0) is 6.92 Å². The van der Waals surface area contributed by atoms with Gasteiger partial charge < -0.3 is 5.11 Å². The van der Waals surface area contributed by atoms with Gasteiger partial charge in [0.2, 0.25) is 0 Å². The van der Waals surface area contributed by atoms with Crippen LogP contribution in [0.4, 0.5) is 5.13 Å². The second kappa shape index (κ2) is 6.24. The van der Waals surface area contributed by atoms with Crippen LogP contribution in [0.25, 0.3) is 11.3 Å². The van der Waals surface area contributed by atoms with E-state index < -0.39 is 11.9 Å². The number of hydrogen-bond acceptors (Lipinski definition) is 6. The lowest BCUT2D eigenvalue weighted by atomic mass is 10.2. The largest absolute Gasteiger partial charge is 0.480 e. The molecular formula is C14H14N6O3S. The van der Waals surface area contributed by atoms with Gasteiger partial charge in [-0.25, -0.2) is 4.98 Å². The molecule has 0 aromatic carbocycles. The summed E-state index contributed by atoms with van der Waals surface area (Å²) < 4.78 is 2.89. The molecule has 0 saturated carbocycles. The SMILES string of the molecule is Cc1nn(C)cc1-c1csc(NC(=O)c2cnn(CC(=O)O)c2)n1. The quantitative estimate of drug-likeness (QED) is 0.721. The Balaban J connectivity index is 1.72. The van der Waals surface area contributed by atoms with Gasteiger partial charge in [0.25, 0.3) is 5.91 Å². The molecule has 0 aliphatic heterocycles. The van der Waals surface area contributed by atoms with Crippen LogP contribution < -0.4 is 5.32 Å². The van der Waals surface area contributed by atoms with Crippen LogP contribution in [-0.4, -0.2) is 41.5 Å². The molecule has 1 amide bonds. The van der Waals surface area contributed by atoms with Crippen molar-refractivity contribution < 1.29 is 14.7 Å². The van der Waals surface area contributed by atoms with Crippen LogP contribution in [-0.2, 0) is 18.4 Å². The summed E-state index contributed by atoms with van der Waals surface area (Å²) in [6, 6.07) is 0. The summed E-state index contributed by atoms with van der Waals surface area (Å²) in [6.45, 7) is 1.60. The first-order valence-corrected chi connectivity index (χ1v) is 7.82. The number of nitrogens with zero attached hydrogens (tertiary/aromatic N) is 5. The van der Waals surface area contributed by atoms with Crippen LogP contribution in [0.3, 0.4) is 0 Å². The summed E-state index contributed by atoms with van der Waals surface area (Å²) in [5, 5.41) is 21.8. The van der Waals surface area contributed by atoms with Crippen LogP contribution in [0.5, 0.6) is 0 Å². The second-order valence-corrected chi connectivity index (χ2v) is 5.97. The molecule has 3 heterocycles. The number of amides is 1. The molecule has 24 heavy (non-hydrogen) atoms. The van der Waals surface area contributed by atoms with Gasteiger partial charge in [-0.2, -0.15) is 10.2 Å². The minimum absolute atomic E-state index is 0.269. The van der Waals surface area contributed by atoms with Crippen molar-refractivity contribution in [3.8, 4) is 11.3 Å². The highest BCUT2D eigenvalue weighted by molar-refractivity contribution is 7.14. The van der Waals surface area contributed by atoms with E-state index in [0.717, 1.165) is 17.0 Å². The van der Waals surface area contributed by atoms with E-state index in [4.69, 9.17) is 5.11 Å². The molecular weight excluding hydrogens is 332 g/mol. The average molecular weight is 346 g/mol. The lowest BCUT2D eigenvalue weighted by Crippen LogP contribution is -2.12. The zero-order valence-corrected chi connectivity index (χ0v) is 13.7. The molecule has 10 heteroatoms. The van der Waals surface area contributed by atoms with Gasteiger partial charge in [0.15, 0.2) is 5.13 Å². The molecule has 0 fully saturated rings. The van der Waals surface area contributed by atoms with E-state index in [-0.39, 0.29) is 12.1 Å². The van der Waals surface area contributed by atoms with E-state index in [1.165, 1.54) is 28.4 Å². The number of aliphatic carboxylic acids is 1. The molecule has 0 unspecified atom stereocenters. The zero-order valence-electron chi connectivity index (χ0n) is 12.9. The highest BCUT2D eigenvalue weighted by Crippen LogP contribution is 2.26. The second-order valence-electron chi connectivity index (χ2n) is 5.11. The van der Waals surface area contributed by atoms with Crippen molar-refractivity contribution in [2.75, 3.05) is 5.32 Å². The molecule has 0 radical (unpaired) electrons. The number of aromatic nitrogens is 5. The summed E-state index contributed by atoms with van der Waals surface area (Å²) in [7, 11) is 1.83. The van der Waals surface area contributed by atoms with E-state index in [0.29, 0.717) is 5.13 Å². The van der Waals surface area contributed by atoms with Crippen molar-refractivity contribution in [2.45, 2.75) is 13.5 Å². The van der Waals surface area contributed by atoms with Crippen molar-refractivity contribution in [3.63, 3.8) is 0 Å². The first-order chi connectivity index (χ1) is 11.4. The zero-order chi connectivity index (χ0) is 17.3. The predicted octanol–water partition coefficient (Wildman–Crippen LogP) is 1.39. The highest BCUT2D eigenvalue weighted by atomic mass is 32.1. The topological polar surface area (TPSA) is 115 Å². The lowest BCUT2D eigenvalue weighted by molar-refractivity contribution is -0.137. The first kappa shape index (κ1) is 15.9. The maximum atomic E-state index is 12.2. The van der Waals surface area contributed by atoms with Crippen molar-refractivity contribution in [1.29, 1.82) is 0 Å². The fraction of sp³-hybridized carbons (Fsp3) is 0.214. The molecule has 9 nitrogen and oxygen atoms in total. The fourth-order valence-corrected chi connectivity index (χ4v) is 2.89. The number of carboxylic acid groups (broad SMARTS) is 1. The normalized spacial score (nSPS) is 10.8. The van der Waals surface area contributed by atoms with Crippen molar-refractivity contribution >= 4 is 28.3 Å². The van der Waals surface area contributed by atoms with E-state index in [9.17, 15) is 9.59 Å². The molecule has 3 aromatic rings. The number of carboxylic acids is 1. The Hall–Kier alpha value is -3.01. The molecule has 0 spiro atoms. The molecule has 0 bridgehead atoms. The average Bonchev–Trinajstić information content (AvgIpc) is 3.19. The highest BCUT2D eigenvalue weighted by Gasteiger charge is 2.14. The number of nitrogens with one attached hydrogen (secondary N) is 1. The van der Waals surface area contributed by atoms with Gasteiger partial charge in [0.05, 0.1) is 23.1 Å². The van der Waals surface area contributed by atoms with Crippen LogP contribution >= 0.6 is 11.3 Å². The van der Waals surface area contributed by atoms with Gasteiger partial charge >= 0.3 is 5.97 Å². The smallest absolute Gasteiger partial charge is 0.325 e. The first-order valence-electron chi connectivity index (χ1n) is 6.94. The number of carbonyl (C=O) groups is 2. The molecule has 0 atom stereocenters. The Morgan fingerprint density at radius 1 is 1.38 bits per heavy atom. The molecule has 2 N–H and O–H groups in total. The predicted molar refractivity (Wildman–Crippen MR) is 86.9 cm³/mol. The molecule has 3 aromatic heterocycles. The third-order valence-electron chi connectivity index (χ3n) is 3.21. The van der Waals surface area contributed by atoms with Gasteiger partial charge in [-0.15, -0.1) is 11.3 Å². The fourth-order valence-electron chi connectivity index (χ4n) is 2.18. The molecule has 3 rings (SSSR count). The van der Waals surface area contributed by atoms with Gasteiger partial charge in [-0.3, -0.25) is 24.3 Å². The van der Waals surface area contributed by atoms with Crippen LogP contribution in [0.1, 0.15) is 16.1 Å². The summed E-state index contributed by atoms with van der Waals surface area (Å²) in [5.74, 6) is -1.42. The van der Waals surface area contributed by atoms with Crippen molar-refractivity contribution in [3.05, 3.63) is 35.2 Å². The summed E-state index contributed by atoms with van der Waals surface area (Å²) >= 11 is 1.30. The molecule has 0 aliphatic carbocycles. The van der Waals surface area contributed by atoms with Gasteiger partial charge in [-0.1, -0.05) is 0 Å². The number of anilines is 1. The van der Waals surface area contributed by atoms with Gasteiger partial charge in [0, 0.05) is 30.4 Å². The Morgan fingerprint density at radius 3 is 2.83 bits per heavy atom. The summed E-state index contributed by atoms with van der Waals surface area (Å²) in [4.78, 5) is 27.2. The number of hydrogen-bond donors (Lipinski definition) is 2. The van der Waals surface area contributed by atoms with Crippen LogP contribution in [0.15, 0.2) is 24.0 Å². The standard InChI is InChI=1S/C14H14N6O3S/c1-8-10(5-19(2)18-8)11-7-24-14(16-11)17-13(23)9-3-15-20(4-9)6-12(21)22/h3-5,7H,6H2,1-2H3,(H,21,22)(H,16,17,23).